The number of thiophene rings is 1. The molecule has 2 heterocycles. The highest BCUT2D eigenvalue weighted by Crippen LogP contribution is 2.39. The van der Waals surface area contributed by atoms with Crippen molar-refractivity contribution in [3.8, 4) is 11.5 Å². The van der Waals surface area contributed by atoms with Crippen LogP contribution in [0.3, 0.4) is 0 Å². The SMILES string of the molecule is CCN(CC)CCOc1cc2c(cc1OC)CCNC2c1ccc(C)s1. The van der Waals surface area contributed by atoms with Crippen LogP contribution in [0.15, 0.2) is 24.3 Å². The Morgan fingerprint density at radius 1 is 1.19 bits per heavy atom. The molecule has 3 rings (SSSR count). The molecule has 142 valence electrons. The first-order chi connectivity index (χ1) is 12.7. The number of hydrogen-bond donors (Lipinski definition) is 1. The number of likely N-dealkylation sites (N-methyl/N-ethyl adjacent to an activating group) is 1. The minimum Gasteiger partial charge on any atom is -0.493 e. The van der Waals surface area contributed by atoms with Crippen LogP contribution in [0.1, 0.15) is 40.8 Å². The van der Waals surface area contributed by atoms with E-state index in [4.69, 9.17) is 9.47 Å². The third-order valence-electron chi connectivity index (χ3n) is 5.08. The van der Waals surface area contributed by atoms with Crippen LogP contribution in [-0.2, 0) is 6.42 Å². The molecule has 0 saturated heterocycles. The van der Waals surface area contributed by atoms with Crippen molar-refractivity contribution in [3.63, 3.8) is 0 Å². The van der Waals surface area contributed by atoms with Crippen LogP contribution in [0.2, 0.25) is 0 Å². The summed E-state index contributed by atoms with van der Waals surface area (Å²) in [7, 11) is 1.72. The number of rotatable bonds is 8. The first-order valence-corrected chi connectivity index (χ1v) is 10.3. The Hall–Kier alpha value is -1.56. The van der Waals surface area contributed by atoms with Gasteiger partial charge < -0.3 is 19.7 Å². The number of ether oxygens (including phenoxy) is 2. The van der Waals surface area contributed by atoms with E-state index >= 15 is 0 Å². The quantitative estimate of drug-likeness (QED) is 0.757. The summed E-state index contributed by atoms with van der Waals surface area (Å²) in [5, 5.41) is 3.67. The van der Waals surface area contributed by atoms with Gasteiger partial charge in [-0.15, -0.1) is 11.3 Å². The lowest BCUT2D eigenvalue weighted by molar-refractivity contribution is 0.217. The Labute approximate surface area is 161 Å². The lowest BCUT2D eigenvalue weighted by Crippen LogP contribution is -2.30. The molecule has 0 spiro atoms. The predicted octanol–water partition coefficient (Wildman–Crippen LogP) is 4.02. The topological polar surface area (TPSA) is 33.7 Å². The lowest BCUT2D eigenvalue weighted by Gasteiger charge is -2.28. The van der Waals surface area contributed by atoms with Crippen LogP contribution in [0, 0.1) is 6.92 Å². The van der Waals surface area contributed by atoms with E-state index in [2.05, 4.69) is 55.3 Å². The molecule has 0 fully saturated rings. The van der Waals surface area contributed by atoms with Gasteiger partial charge in [0.05, 0.1) is 13.2 Å². The Kier molecular flexibility index (Phi) is 6.57. The van der Waals surface area contributed by atoms with Crippen LogP contribution in [0.4, 0.5) is 0 Å². The molecule has 1 aliphatic rings. The molecular weight excluding hydrogens is 344 g/mol. The average Bonchev–Trinajstić information content (AvgIpc) is 3.10. The van der Waals surface area contributed by atoms with Crippen LogP contribution in [0.25, 0.3) is 0 Å². The van der Waals surface area contributed by atoms with Gasteiger partial charge in [0.25, 0.3) is 0 Å². The smallest absolute Gasteiger partial charge is 0.161 e. The fourth-order valence-electron chi connectivity index (χ4n) is 3.52. The van der Waals surface area contributed by atoms with Gasteiger partial charge in [-0.3, -0.25) is 0 Å². The summed E-state index contributed by atoms with van der Waals surface area (Å²) in [6.07, 6.45) is 1.02. The van der Waals surface area contributed by atoms with Gasteiger partial charge in [-0.05, 0) is 61.8 Å². The van der Waals surface area contributed by atoms with Gasteiger partial charge in [0, 0.05) is 22.8 Å². The van der Waals surface area contributed by atoms with Crippen molar-refractivity contribution in [2.75, 3.05) is 39.9 Å². The second-order valence-electron chi connectivity index (χ2n) is 6.66. The van der Waals surface area contributed by atoms with Gasteiger partial charge in [0.2, 0.25) is 0 Å². The van der Waals surface area contributed by atoms with Gasteiger partial charge in [-0.2, -0.15) is 0 Å². The Bertz CT molecular complexity index is 725. The highest BCUT2D eigenvalue weighted by atomic mass is 32.1. The second kappa shape index (κ2) is 8.89. The summed E-state index contributed by atoms with van der Waals surface area (Å²) in [5.41, 5.74) is 2.67. The highest BCUT2D eigenvalue weighted by Gasteiger charge is 2.25. The summed E-state index contributed by atoms with van der Waals surface area (Å²) in [6.45, 7) is 11.2. The van der Waals surface area contributed by atoms with E-state index in [-0.39, 0.29) is 6.04 Å². The number of benzene rings is 1. The molecule has 1 N–H and O–H groups in total. The Morgan fingerprint density at radius 2 is 2.00 bits per heavy atom. The third kappa shape index (κ3) is 4.22. The fraction of sp³-hybridized carbons (Fsp3) is 0.524. The molecule has 2 aromatic rings. The van der Waals surface area contributed by atoms with Crippen molar-refractivity contribution >= 4 is 11.3 Å². The molecule has 1 aliphatic heterocycles. The van der Waals surface area contributed by atoms with E-state index in [1.807, 2.05) is 11.3 Å². The van der Waals surface area contributed by atoms with Crippen LogP contribution in [-0.4, -0.2) is 44.8 Å². The highest BCUT2D eigenvalue weighted by molar-refractivity contribution is 7.12. The van der Waals surface area contributed by atoms with E-state index in [1.165, 1.54) is 20.9 Å². The normalized spacial score (nSPS) is 16.6. The Morgan fingerprint density at radius 3 is 2.65 bits per heavy atom. The molecule has 1 atom stereocenters. The maximum Gasteiger partial charge on any atom is 0.161 e. The summed E-state index contributed by atoms with van der Waals surface area (Å²) < 4.78 is 11.7. The van der Waals surface area contributed by atoms with E-state index in [0.29, 0.717) is 6.61 Å². The minimum absolute atomic E-state index is 0.244. The van der Waals surface area contributed by atoms with Crippen molar-refractivity contribution in [2.45, 2.75) is 33.2 Å². The predicted molar refractivity (Wildman–Crippen MR) is 109 cm³/mol. The zero-order chi connectivity index (χ0) is 18.5. The van der Waals surface area contributed by atoms with Gasteiger partial charge in [0.15, 0.2) is 11.5 Å². The monoisotopic (exact) mass is 374 g/mol. The molecule has 0 saturated carbocycles. The maximum atomic E-state index is 6.13. The summed E-state index contributed by atoms with van der Waals surface area (Å²) >= 11 is 1.86. The van der Waals surface area contributed by atoms with Crippen LogP contribution in [0.5, 0.6) is 11.5 Å². The first kappa shape index (κ1) is 19.2. The van der Waals surface area contributed by atoms with E-state index < -0.39 is 0 Å². The van der Waals surface area contributed by atoms with Gasteiger partial charge in [-0.25, -0.2) is 0 Å². The number of nitrogens with one attached hydrogen (secondary N) is 1. The number of fused-ring (bicyclic) bond motifs is 1. The van der Waals surface area contributed by atoms with Crippen molar-refractivity contribution in [2.24, 2.45) is 0 Å². The van der Waals surface area contributed by atoms with E-state index in [1.54, 1.807) is 7.11 Å². The number of nitrogens with zero attached hydrogens (tertiary/aromatic N) is 1. The average molecular weight is 375 g/mol. The van der Waals surface area contributed by atoms with Crippen molar-refractivity contribution < 1.29 is 9.47 Å². The molecule has 26 heavy (non-hydrogen) atoms. The largest absolute Gasteiger partial charge is 0.493 e. The zero-order valence-electron chi connectivity index (χ0n) is 16.3. The van der Waals surface area contributed by atoms with Crippen LogP contribution < -0.4 is 14.8 Å². The Balaban J connectivity index is 1.84. The second-order valence-corrected chi connectivity index (χ2v) is 7.98. The minimum atomic E-state index is 0.244. The summed E-state index contributed by atoms with van der Waals surface area (Å²) in [6, 6.07) is 9.02. The first-order valence-electron chi connectivity index (χ1n) is 9.51. The fourth-order valence-corrected chi connectivity index (χ4v) is 4.50. The summed E-state index contributed by atoms with van der Waals surface area (Å²) in [4.78, 5) is 5.07. The molecule has 5 heteroatoms. The molecule has 1 aromatic carbocycles. The molecule has 0 amide bonds. The summed E-state index contributed by atoms with van der Waals surface area (Å²) in [5.74, 6) is 1.69. The van der Waals surface area contributed by atoms with Crippen molar-refractivity contribution in [1.29, 1.82) is 0 Å². The molecule has 0 aliphatic carbocycles. The zero-order valence-corrected chi connectivity index (χ0v) is 17.1. The third-order valence-corrected chi connectivity index (χ3v) is 6.15. The van der Waals surface area contributed by atoms with E-state index in [0.717, 1.165) is 44.1 Å². The molecule has 4 nitrogen and oxygen atoms in total. The van der Waals surface area contributed by atoms with Gasteiger partial charge in [0.1, 0.15) is 6.61 Å². The maximum absolute atomic E-state index is 6.13. The van der Waals surface area contributed by atoms with Gasteiger partial charge >= 0.3 is 0 Å². The van der Waals surface area contributed by atoms with Crippen LogP contribution >= 0.6 is 11.3 Å². The van der Waals surface area contributed by atoms with Gasteiger partial charge in [-0.1, -0.05) is 13.8 Å². The molecule has 0 radical (unpaired) electrons. The molecular formula is C21H30N2O2S. The molecule has 1 aromatic heterocycles. The molecule has 1 unspecified atom stereocenters. The van der Waals surface area contributed by atoms with Crippen molar-refractivity contribution in [1.82, 2.24) is 10.2 Å². The number of aryl methyl sites for hydroxylation is 1. The number of hydrogen-bond acceptors (Lipinski definition) is 5. The number of methoxy groups -OCH3 is 1. The molecule has 0 bridgehead atoms. The standard InChI is InChI=1S/C21H30N2O2S/c1-5-23(6-2)11-12-25-19-14-17-16(13-18(19)24-4)9-10-22-21(17)20-8-7-15(3)26-20/h7-8,13-14,21-22H,5-6,9-12H2,1-4H3. The lowest BCUT2D eigenvalue weighted by atomic mass is 9.92. The van der Waals surface area contributed by atoms with E-state index in [9.17, 15) is 0 Å². The van der Waals surface area contributed by atoms with Crippen molar-refractivity contribution in [3.05, 3.63) is 45.1 Å².